The van der Waals surface area contributed by atoms with E-state index >= 15 is 0 Å². The molecule has 440 valence electrons. The van der Waals surface area contributed by atoms with Crippen molar-refractivity contribution in [2.45, 2.75) is 189 Å². The Morgan fingerprint density at radius 3 is 1.31 bits per heavy atom. The summed E-state index contributed by atoms with van der Waals surface area (Å²) in [7, 11) is 0. The van der Waals surface area contributed by atoms with Crippen molar-refractivity contribution in [2.24, 2.45) is 23.7 Å². The summed E-state index contributed by atoms with van der Waals surface area (Å²) in [6.07, 6.45) is 29.1. The Morgan fingerprint density at radius 2 is 0.833 bits per heavy atom. The number of aromatic nitrogens is 6. The van der Waals surface area contributed by atoms with Gasteiger partial charge in [0.2, 0.25) is 0 Å². The van der Waals surface area contributed by atoms with Crippen LogP contribution in [0.2, 0.25) is 0 Å². The van der Waals surface area contributed by atoms with Crippen molar-refractivity contribution in [3.63, 3.8) is 0 Å². The molecule has 0 N–H and O–H groups in total. The van der Waals surface area contributed by atoms with Crippen molar-refractivity contribution in [3.05, 3.63) is 93.9 Å². The molecule has 11 heterocycles. The quantitative estimate of drug-likeness (QED) is 0.0446. The Kier molecular flexibility index (Phi) is 19.6. The molecular weight excluding hydrogens is 1200 g/mol. The van der Waals surface area contributed by atoms with E-state index in [9.17, 15) is 0 Å². The van der Waals surface area contributed by atoms with Crippen LogP contribution in [0.5, 0.6) is 0 Å². The molecule has 12 rings (SSSR count). The highest BCUT2D eigenvalue weighted by Gasteiger charge is 2.49. The largest absolute Gasteiger partial charge is 0.252 e. The van der Waals surface area contributed by atoms with Gasteiger partial charge in [-0.3, -0.25) is 9.97 Å². The molecule has 1 aliphatic rings. The van der Waals surface area contributed by atoms with Crippen molar-refractivity contribution in [2.75, 3.05) is 0 Å². The van der Waals surface area contributed by atoms with E-state index in [1.807, 2.05) is 79.4 Å². The van der Waals surface area contributed by atoms with Gasteiger partial charge in [-0.25, -0.2) is 0 Å². The van der Waals surface area contributed by atoms with E-state index < -0.39 is 0 Å². The van der Waals surface area contributed by atoms with Gasteiger partial charge < -0.3 is 0 Å². The number of nitrogens with zero attached hydrogens (tertiary/aromatic N) is 6. The lowest BCUT2D eigenvalue weighted by molar-refractivity contribution is 0.268. The molecule has 0 aromatic carbocycles. The minimum absolute atomic E-state index is 0.133. The molecule has 0 aliphatic heterocycles. The van der Waals surface area contributed by atoms with Crippen LogP contribution in [-0.2, 0) is 18.3 Å². The monoisotopic (exact) mass is 1280 g/mol. The van der Waals surface area contributed by atoms with E-state index in [0.717, 1.165) is 69.3 Å². The number of hydrogen-bond donors (Lipinski definition) is 0. The van der Waals surface area contributed by atoms with Crippen LogP contribution < -0.4 is 0 Å². The third-order valence-corrected chi connectivity index (χ3v) is 28.0. The summed E-state index contributed by atoms with van der Waals surface area (Å²) in [6.45, 7) is 18.9. The second-order valence-electron chi connectivity index (χ2n) is 23.9. The molecule has 0 radical (unpaired) electrons. The van der Waals surface area contributed by atoms with Gasteiger partial charge >= 0.3 is 0 Å². The standard InChI is InChI=1S/C69H80N6S9/c1-9-17-21-41(13-5)33-45-25-27-52(76-45)54-31-29-50(78-54)47-39-70-62(64-60(47)72-83-74-64)56-35-49-66(80-56)68-59(69(49,37-43(15-7)23-19-11-3)38-44(16-8)24-20-12-4)67-58(82-68)36-57(81-67)63-65-61(73-84-75-65)48(40-71-63)51-30-32-55(79-51)53-28-26-46(77-53)34-42(14-6)22-18-10-2/h25-32,35-36,39-44H,9-24,33-34,37-38H2,1-8H3. The summed E-state index contributed by atoms with van der Waals surface area (Å²) in [5.74, 6) is 2.76. The predicted molar refractivity (Wildman–Crippen MR) is 375 cm³/mol. The van der Waals surface area contributed by atoms with Crippen LogP contribution in [0.1, 0.15) is 192 Å². The van der Waals surface area contributed by atoms with Crippen LogP contribution in [0.15, 0.2) is 73.1 Å². The van der Waals surface area contributed by atoms with Gasteiger partial charge in [0.15, 0.2) is 0 Å². The molecule has 11 aromatic heterocycles. The number of thiophene rings is 7. The second kappa shape index (κ2) is 27.2. The maximum atomic E-state index is 5.40. The predicted octanol–water partition coefficient (Wildman–Crippen LogP) is 25.1. The van der Waals surface area contributed by atoms with E-state index in [0.29, 0.717) is 11.8 Å². The normalized spacial score (nSPS) is 15.7. The van der Waals surface area contributed by atoms with E-state index in [1.54, 1.807) is 5.56 Å². The van der Waals surface area contributed by atoms with Gasteiger partial charge in [0.05, 0.1) is 42.8 Å². The molecule has 4 atom stereocenters. The molecule has 1 aliphatic carbocycles. The van der Waals surface area contributed by atoms with Gasteiger partial charge in [0, 0.05) is 83.1 Å². The Bertz CT molecular complexity index is 3940. The van der Waals surface area contributed by atoms with E-state index in [2.05, 4.69) is 128 Å². The zero-order chi connectivity index (χ0) is 57.9. The molecule has 15 heteroatoms. The second-order valence-corrected chi connectivity index (χ2v) is 32.6. The molecule has 0 fully saturated rings. The molecule has 0 saturated heterocycles. The summed E-state index contributed by atoms with van der Waals surface area (Å²) in [6, 6.07) is 23.6. The van der Waals surface area contributed by atoms with Crippen molar-refractivity contribution < 1.29 is 0 Å². The zero-order valence-corrected chi connectivity index (χ0v) is 57.6. The fourth-order valence-corrected chi connectivity index (χ4v) is 23.2. The Balaban J connectivity index is 0.902. The first-order valence-electron chi connectivity index (χ1n) is 31.5. The Morgan fingerprint density at radius 1 is 0.405 bits per heavy atom. The molecule has 0 amide bonds. The van der Waals surface area contributed by atoms with Crippen LogP contribution in [0, 0.1) is 23.7 Å². The smallest absolute Gasteiger partial charge is 0.132 e. The number of pyridine rings is 2. The van der Waals surface area contributed by atoms with Crippen molar-refractivity contribution >= 4 is 134 Å². The fraction of sp³-hybridized carbons (Fsp3) is 0.478. The zero-order valence-electron chi connectivity index (χ0n) is 50.2. The summed E-state index contributed by atoms with van der Waals surface area (Å²) in [4.78, 5) is 26.8. The van der Waals surface area contributed by atoms with Gasteiger partial charge in [0.25, 0.3) is 0 Å². The van der Waals surface area contributed by atoms with Crippen molar-refractivity contribution in [1.29, 1.82) is 0 Å². The maximum absolute atomic E-state index is 5.40. The molecular formula is C69H80N6S9. The average molecular weight is 1280 g/mol. The number of fused-ring (bicyclic) bond motifs is 7. The first-order valence-corrected chi connectivity index (χ1v) is 38.7. The first-order chi connectivity index (χ1) is 41.2. The number of hydrogen-bond acceptors (Lipinski definition) is 15. The van der Waals surface area contributed by atoms with Gasteiger partial charge in [0.1, 0.15) is 33.5 Å². The lowest BCUT2D eigenvalue weighted by Gasteiger charge is -2.38. The average Bonchev–Trinajstić information content (AvgIpc) is 1.58. The maximum Gasteiger partial charge on any atom is 0.132 e. The molecule has 6 nitrogen and oxygen atoms in total. The molecule has 84 heavy (non-hydrogen) atoms. The van der Waals surface area contributed by atoms with Crippen LogP contribution >= 0.6 is 103 Å². The lowest BCUT2D eigenvalue weighted by Crippen LogP contribution is -2.31. The van der Waals surface area contributed by atoms with E-state index in [4.69, 9.17) is 27.5 Å². The van der Waals surface area contributed by atoms with E-state index in [1.165, 1.54) is 213 Å². The summed E-state index contributed by atoms with van der Waals surface area (Å²) >= 11 is 16.2. The highest BCUT2D eigenvalue weighted by Crippen LogP contribution is 2.65. The van der Waals surface area contributed by atoms with Gasteiger partial charge in [-0.15, -0.1) is 79.4 Å². The van der Waals surface area contributed by atoms with Crippen molar-refractivity contribution in [1.82, 2.24) is 27.5 Å². The molecule has 4 unspecified atom stereocenters. The van der Waals surface area contributed by atoms with Gasteiger partial charge in [-0.1, -0.05) is 158 Å². The molecule has 0 bridgehead atoms. The number of rotatable bonds is 30. The lowest BCUT2D eigenvalue weighted by atomic mass is 9.65. The number of unbranched alkanes of at least 4 members (excludes halogenated alkanes) is 4. The Hall–Kier alpha value is -3.90. The van der Waals surface area contributed by atoms with Crippen LogP contribution in [0.3, 0.4) is 0 Å². The van der Waals surface area contributed by atoms with Crippen LogP contribution in [0.25, 0.3) is 103 Å². The van der Waals surface area contributed by atoms with Crippen LogP contribution in [0.4, 0.5) is 0 Å². The van der Waals surface area contributed by atoms with Gasteiger partial charge in [-0.05, 0) is 116 Å². The Labute approximate surface area is 535 Å². The van der Waals surface area contributed by atoms with Crippen molar-refractivity contribution in [3.8, 4) is 71.3 Å². The summed E-state index contributed by atoms with van der Waals surface area (Å²) in [5, 5.41) is 0. The summed E-state index contributed by atoms with van der Waals surface area (Å²) in [5.41, 5.74) is 10.8. The molecule has 0 spiro atoms. The third-order valence-electron chi connectivity index (χ3n) is 18.3. The minimum atomic E-state index is -0.133. The van der Waals surface area contributed by atoms with Gasteiger partial charge in [-0.2, -0.15) is 17.5 Å². The summed E-state index contributed by atoms with van der Waals surface area (Å²) < 4.78 is 22.9. The van der Waals surface area contributed by atoms with Crippen LogP contribution in [-0.4, -0.2) is 27.5 Å². The third kappa shape index (κ3) is 12.1. The molecule has 0 saturated carbocycles. The first kappa shape index (κ1) is 60.4. The van der Waals surface area contributed by atoms with E-state index in [-0.39, 0.29) is 5.41 Å². The highest BCUT2D eigenvalue weighted by molar-refractivity contribution is 7.33. The minimum Gasteiger partial charge on any atom is -0.252 e. The molecule has 11 aromatic rings. The SMILES string of the molecule is CCCCC(CC)Cc1ccc(-c2ccc(-c3cnc(-c4cc5c(s4)-c4sc6cc(-c7ncc(-c8ccc(-c9ccc(CC(CC)CCCC)s9)s8)c8nsnc78)sc6c4C5(CC(CC)CCCC)CC(CC)CCCC)c4nsnc34)s2)s1. The highest BCUT2D eigenvalue weighted by atomic mass is 32.1. The topological polar surface area (TPSA) is 77.3 Å². The fourth-order valence-electron chi connectivity index (χ4n) is 13.3.